The van der Waals surface area contributed by atoms with E-state index in [1.165, 1.54) is 19.8 Å². The number of rotatable bonds is 8. The van der Waals surface area contributed by atoms with Gasteiger partial charge in [-0.15, -0.1) is 24.0 Å². The van der Waals surface area contributed by atoms with Gasteiger partial charge in [0.2, 0.25) is 5.75 Å². The largest absolute Gasteiger partial charge is 0.502 e. The molecule has 1 aliphatic heterocycles. The molecular weight excluding hydrogens is 531 g/mol. The molecule has 0 saturated carbocycles. The molecule has 2 aromatic carbocycles. The SMILES string of the molecule is CCNC(=NCc1cc(OC)c(O)c(OC)c1)N1CCN(C/C=C/c2ccccc2)CC1.I. The zero-order valence-corrected chi connectivity index (χ0v) is 22.0. The van der Waals surface area contributed by atoms with E-state index >= 15 is 0 Å². The van der Waals surface area contributed by atoms with Gasteiger partial charge in [0, 0.05) is 39.3 Å². The number of ether oxygens (including phenoxy) is 2. The minimum atomic E-state index is 0. The van der Waals surface area contributed by atoms with E-state index in [4.69, 9.17) is 14.5 Å². The molecule has 1 fully saturated rings. The van der Waals surface area contributed by atoms with Gasteiger partial charge in [0.15, 0.2) is 17.5 Å². The van der Waals surface area contributed by atoms with Crippen LogP contribution in [0, 0.1) is 0 Å². The van der Waals surface area contributed by atoms with Crippen LogP contribution in [0.15, 0.2) is 53.5 Å². The standard InChI is InChI=1S/C25H34N4O3.HI/c1-4-26-25(27-19-21-17-22(31-2)24(30)23(18-21)32-3)29-15-13-28(14-16-29)12-8-11-20-9-6-5-7-10-20;/h5-11,17-18,30H,4,12-16,19H2,1-3H3,(H,26,27);1H/b11-8+;. The molecule has 0 aliphatic carbocycles. The number of piperazine rings is 1. The Balaban J connectivity index is 0.00000385. The van der Waals surface area contributed by atoms with E-state index in [1.54, 1.807) is 12.1 Å². The number of benzene rings is 2. The molecule has 0 unspecified atom stereocenters. The molecule has 0 aromatic heterocycles. The predicted octanol–water partition coefficient (Wildman–Crippen LogP) is 3.82. The third-order valence-corrected chi connectivity index (χ3v) is 5.43. The van der Waals surface area contributed by atoms with Crippen LogP contribution >= 0.6 is 24.0 Å². The van der Waals surface area contributed by atoms with E-state index < -0.39 is 0 Å². The second kappa shape index (κ2) is 13.9. The van der Waals surface area contributed by atoms with Crippen LogP contribution in [-0.4, -0.2) is 74.4 Å². The quantitative estimate of drug-likeness (QED) is 0.288. The van der Waals surface area contributed by atoms with Crippen molar-refractivity contribution >= 4 is 36.0 Å². The molecule has 1 heterocycles. The highest BCUT2D eigenvalue weighted by molar-refractivity contribution is 14.0. The topological polar surface area (TPSA) is 69.6 Å². The second-order valence-corrected chi connectivity index (χ2v) is 7.62. The fourth-order valence-electron chi connectivity index (χ4n) is 3.68. The normalized spacial score (nSPS) is 14.8. The number of nitrogens with one attached hydrogen (secondary N) is 1. The van der Waals surface area contributed by atoms with Gasteiger partial charge in [0.1, 0.15) is 0 Å². The maximum absolute atomic E-state index is 10.1. The number of hydrogen-bond acceptors (Lipinski definition) is 5. The lowest BCUT2D eigenvalue weighted by Gasteiger charge is -2.36. The molecule has 7 nitrogen and oxygen atoms in total. The number of methoxy groups -OCH3 is 2. The lowest BCUT2D eigenvalue weighted by Crippen LogP contribution is -2.52. The molecule has 0 spiro atoms. The van der Waals surface area contributed by atoms with Crippen molar-refractivity contribution < 1.29 is 14.6 Å². The molecule has 1 aliphatic rings. The molecule has 2 aromatic rings. The van der Waals surface area contributed by atoms with Crippen molar-refractivity contribution in [1.82, 2.24) is 15.1 Å². The molecule has 0 atom stereocenters. The average molecular weight is 566 g/mol. The summed E-state index contributed by atoms with van der Waals surface area (Å²) in [6.45, 7) is 8.13. The summed E-state index contributed by atoms with van der Waals surface area (Å²) in [4.78, 5) is 9.58. The summed E-state index contributed by atoms with van der Waals surface area (Å²) in [6.07, 6.45) is 4.41. The Labute approximate surface area is 214 Å². The molecule has 8 heteroatoms. The summed E-state index contributed by atoms with van der Waals surface area (Å²) in [5.74, 6) is 1.68. The van der Waals surface area contributed by atoms with Crippen molar-refractivity contribution in [2.45, 2.75) is 13.5 Å². The fourth-order valence-corrected chi connectivity index (χ4v) is 3.68. The second-order valence-electron chi connectivity index (χ2n) is 7.62. The first-order valence-electron chi connectivity index (χ1n) is 11.1. The number of nitrogens with zero attached hydrogens (tertiary/aromatic N) is 3. The van der Waals surface area contributed by atoms with Crippen molar-refractivity contribution in [2.75, 3.05) is 53.5 Å². The minimum absolute atomic E-state index is 0. The van der Waals surface area contributed by atoms with Crippen LogP contribution in [0.5, 0.6) is 17.2 Å². The zero-order valence-electron chi connectivity index (χ0n) is 19.7. The summed E-state index contributed by atoms with van der Waals surface area (Å²) in [5.41, 5.74) is 2.15. The van der Waals surface area contributed by atoms with Gasteiger partial charge in [0.25, 0.3) is 0 Å². The molecule has 180 valence electrons. The van der Waals surface area contributed by atoms with Crippen LogP contribution in [0.25, 0.3) is 6.08 Å². The minimum Gasteiger partial charge on any atom is -0.502 e. The van der Waals surface area contributed by atoms with Gasteiger partial charge in [-0.3, -0.25) is 4.90 Å². The highest BCUT2D eigenvalue weighted by Gasteiger charge is 2.19. The summed E-state index contributed by atoms with van der Waals surface area (Å²) in [6, 6.07) is 14.0. The van der Waals surface area contributed by atoms with Crippen LogP contribution in [0.1, 0.15) is 18.1 Å². The van der Waals surface area contributed by atoms with Crippen molar-refractivity contribution in [1.29, 1.82) is 0 Å². The van der Waals surface area contributed by atoms with E-state index in [2.05, 4.69) is 58.5 Å². The average Bonchev–Trinajstić information content (AvgIpc) is 2.83. The number of halogens is 1. The summed E-state index contributed by atoms with van der Waals surface area (Å²) in [7, 11) is 3.06. The summed E-state index contributed by atoms with van der Waals surface area (Å²) in [5, 5.41) is 13.5. The van der Waals surface area contributed by atoms with Gasteiger partial charge in [-0.1, -0.05) is 42.5 Å². The first-order chi connectivity index (χ1) is 15.6. The van der Waals surface area contributed by atoms with Gasteiger partial charge in [0.05, 0.1) is 20.8 Å². The first kappa shape index (κ1) is 26.8. The molecule has 0 bridgehead atoms. The van der Waals surface area contributed by atoms with Crippen LogP contribution in [0.3, 0.4) is 0 Å². The Morgan fingerprint density at radius 1 is 1.06 bits per heavy atom. The molecular formula is C25H35IN4O3. The van der Waals surface area contributed by atoms with Crippen molar-refractivity contribution in [2.24, 2.45) is 4.99 Å². The maximum atomic E-state index is 10.1. The van der Waals surface area contributed by atoms with E-state index in [9.17, 15) is 5.11 Å². The predicted molar refractivity (Wildman–Crippen MR) is 145 cm³/mol. The molecule has 3 rings (SSSR count). The number of aromatic hydroxyl groups is 1. The van der Waals surface area contributed by atoms with Crippen molar-refractivity contribution in [3.05, 3.63) is 59.7 Å². The number of phenolic OH excluding ortho intramolecular Hbond substituents is 1. The zero-order chi connectivity index (χ0) is 22.8. The van der Waals surface area contributed by atoms with E-state index in [0.717, 1.165) is 50.8 Å². The Hall–Kier alpha value is -2.46. The summed E-state index contributed by atoms with van der Waals surface area (Å²) >= 11 is 0. The molecule has 0 amide bonds. The van der Waals surface area contributed by atoms with Crippen molar-refractivity contribution in [3.8, 4) is 17.2 Å². The Kier molecular flexibility index (Phi) is 11.3. The maximum Gasteiger partial charge on any atom is 0.200 e. The van der Waals surface area contributed by atoms with Crippen LogP contribution in [0.2, 0.25) is 0 Å². The number of aliphatic imine (C=N–C) groups is 1. The fraction of sp³-hybridized carbons (Fsp3) is 0.400. The van der Waals surface area contributed by atoms with Gasteiger partial charge in [-0.25, -0.2) is 4.99 Å². The molecule has 2 N–H and O–H groups in total. The third-order valence-electron chi connectivity index (χ3n) is 5.43. The highest BCUT2D eigenvalue weighted by Crippen LogP contribution is 2.37. The van der Waals surface area contributed by atoms with E-state index in [0.29, 0.717) is 18.0 Å². The van der Waals surface area contributed by atoms with Crippen LogP contribution in [-0.2, 0) is 6.54 Å². The van der Waals surface area contributed by atoms with Gasteiger partial charge in [-0.05, 0) is 30.2 Å². The summed E-state index contributed by atoms with van der Waals surface area (Å²) < 4.78 is 10.5. The monoisotopic (exact) mass is 566 g/mol. The lowest BCUT2D eigenvalue weighted by atomic mass is 10.2. The Morgan fingerprint density at radius 3 is 2.27 bits per heavy atom. The van der Waals surface area contributed by atoms with E-state index in [-0.39, 0.29) is 29.7 Å². The third kappa shape index (κ3) is 7.82. The lowest BCUT2D eigenvalue weighted by molar-refractivity contribution is 0.194. The van der Waals surface area contributed by atoms with Crippen LogP contribution < -0.4 is 14.8 Å². The number of phenols is 1. The highest BCUT2D eigenvalue weighted by atomic mass is 127. The molecule has 1 saturated heterocycles. The van der Waals surface area contributed by atoms with Gasteiger partial charge >= 0.3 is 0 Å². The number of guanidine groups is 1. The Morgan fingerprint density at radius 2 is 1.70 bits per heavy atom. The molecule has 33 heavy (non-hydrogen) atoms. The molecule has 0 radical (unpaired) electrons. The van der Waals surface area contributed by atoms with Crippen LogP contribution in [0.4, 0.5) is 0 Å². The van der Waals surface area contributed by atoms with Gasteiger partial charge < -0.3 is 24.8 Å². The Bertz CT molecular complexity index is 888. The van der Waals surface area contributed by atoms with E-state index in [1.807, 2.05) is 6.07 Å². The number of hydrogen-bond donors (Lipinski definition) is 2. The van der Waals surface area contributed by atoms with Gasteiger partial charge in [-0.2, -0.15) is 0 Å². The first-order valence-corrected chi connectivity index (χ1v) is 11.1. The van der Waals surface area contributed by atoms with Crippen molar-refractivity contribution in [3.63, 3.8) is 0 Å². The smallest absolute Gasteiger partial charge is 0.200 e.